The van der Waals surface area contributed by atoms with E-state index in [1.807, 2.05) is 6.92 Å². The second kappa shape index (κ2) is 8.34. The van der Waals surface area contributed by atoms with Crippen molar-refractivity contribution in [1.82, 2.24) is 9.80 Å². The van der Waals surface area contributed by atoms with E-state index in [0.717, 1.165) is 57.8 Å². The predicted molar refractivity (Wildman–Crippen MR) is 81.7 cm³/mol. The van der Waals surface area contributed by atoms with Crippen LogP contribution in [0.5, 0.6) is 0 Å². The first kappa shape index (κ1) is 16.2. The fourth-order valence-electron chi connectivity index (χ4n) is 2.81. The van der Waals surface area contributed by atoms with Crippen LogP contribution in [0, 0.1) is 0 Å². The van der Waals surface area contributed by atoms with Gasteiger partial charge in [-0.2, -0.15) is 4.99 Å². The highest BCUT2D eigenvalue weighted by molar-refractivity contribution is 5.91. The summed E-state index contributed by atoms with van der Waals surface area (Å²) < 4.78 is 10.8. The Bertz CT molecular complexity index is 359. The maximum absolute atomic E-state index is 12.0. The van der Waals surface area contributed by atoms with Crippen molar-refractivity contribution >= 4 is 11.9 Å². The summed E-state index contributed by atoms with van der Waals surface area (Å²) in [6.07, 6.45) is 2.14. The van der Waals surface area contributed by atoms with E-state index in [1.165, 1.54) is 0 Å². The SMILES string of the molecule is CC/C(=N/C(=O)OC1CCN(CC)CC1)N1CCOCC1. The van der Waals surface area contributed by atoms with E-state index >= 15 is 0 Å². The number of morpholine rings is 1. The molecular weight excluding hydrogens is 270 g/mol. The van der Waals surface area contributed by atoms with E-state index < -0.39 is 6.09 Å². The second-order valence-electron chi connectivity index (χ2n) is 5.50. The van der Waals surface area contributed by atoms with Crippen LogP contribution >= 0.6 is 0 Å². The van der Waals surface area contributed by atoms with Gasteiger partial charge in [-0.25, -0.2) is 4.79 Å². The maximum atomic E-state index is 12.0. The smallest absolute Gasteiger partial charge is 0.435 e. The largest absolute Gasteiger partial charge is 0.444 e. The highest BCUT2D eigenvalue weighted by Crippen LogP contribution is 2.14. The van der Waals surface area contributed by atoms with Crippen LogP contribution in [0.15, 0.2) is 4.99 Å². The van der Waals surface area contributed by atoms with E-state index in [0.29, 0.717) is 13.2 Å². The topological polar surface area (TPSA) is 54.4 Å². The normalized spacial score (nSPS) is 22.4. The van der Waals surface area contributed by atoms with Crippen molar-refractivity contribution in [3.63, 3.8) is 0 Å². The Morgan fingerprint density at radius 2 is 1.86 bits per heavy atom. The van der Waals surface area contributed by atoms with Gasteiger partial charge in [-0.05, 0) is 19.4 Å². The summed E-state index contributed by atoms with van der Waals surface area (Å²) in [5.74, 6) is 0.814. The van der Waals surface area contributed by atoms with E-state index in [-0.39, 0.29) is 6.10 Å². The van der Waals surface area contributed by atoms with E-state index in [1.54, 1.807) is 0 Å². The molecule has 0 atom stereocenters. The number of rotatable bonds is 3. The predicted octanol–water partition coefficient (Wildman–Crippen LogP) is 1.75. The van der Waals surface area contributed by atoms with Gasteiger partial charge in [0, 0.05) is 32.6 Å². The Kier molecular flexibility index (Phi) is 6.45. The molecule has 1 amide bonds. The van der Waals surface area contributed by atoms with Crippen molar-refractivity contribution in [3.05, 3.63) is 0 Å². The third-order valence-electron chi connectivity index (χ3n) is 4.16. The minimum absolute atomic E-state index is 0.0202. The van der Waals surface area contributed by atoms with Gasteiger partial charge in [0.05, 0.1) is 13.2 Å². The lowest BCUT2D eigenvalue weighted by atomic mass is 10.1. The Labute approximate surface area is 127 Å². The van der Waals surface area contributed by atoms with Crippen LogP contribution in [-0.4, -0.2) is 73.8 Å². The Morgan fingerprint density at radius 3 is 2.43 bits per heavy atom. The molecule has 0 N–H and O–H groups in total. The Balaban J connectivity index is 1.82. The standard InChI is InChI=1S/C15H27N3O3/c1-3-14(18-9-11-20-12-10-18)16-15(19)21-13-5-7-17(4-2)8-6-13/h13H,3-12H2,1-2H3/b16-14-. The molecule has 0 aromatic rings. The molecule has 0 bridgehead atoms. The van der Waals surface area contributed by atoms with Crippen molar-refractivity contribution in [2.75, 3.05) is 45.9 Å². The minimum atomic E-state index is -0.437. The lowest BCUT2D eigenvalue weighted by Gasteiger charge is -2.31. The molecule has 0 aromatic heterocycles. The number of amidine groups is 1. The zero-order valence-electron chi connectivity index (χ0n) is 13.2. The van der Waals surface area contributed by atoms with Crippen LogP contribution in [0.4, 0.5) is 4.79 Å². The van der Waals surface area contributed by atoms with Gasteiger partial charge in [0.25, 0.3) is 0 Å². The number of ether oxygens (including phenoxy) is 2. The first-order chi connectivity index (χ1) is 10.2. The number of carbonyl (C=O) groups excluding carboxylic acids is 1. The summed E-state index contributed by atoms with van der Waals surface area (Å²) >= 11 is 0. The average Bonchev–Trinajstić information content (AvgIpc) is 2.54. The number of hydrogen-bond acceptors (Lipinski definition) is 4. The van der Waals surface area contributed by atoms with Crippen molar-refractivity contribution in [1.29, 1.82) is 0 Å². The molecule has 21 heavy (non-hydrogen) atoms. The van der Waals surface area contributed by atoms with Crippen LogP contribution in [0.1, 0.15) is 33.1 Å². The number of hydrogen-bond donors (Lipinski definition) is 0. The van der Waals surface area contributed by atoms with Gasteiger partial charge in [0.2, 0.25) is 0 Å². The lowest BCUT2D eigenvalue weighted by Crippen LogP contribution is -2.41. The second-order valence-corrected chi connectivity index (χ2v) is 5.50. The number of amides is 1. The highest BCUT2D eigenvalue weighted by Gasteiger charge is 2.22. The molecule has 0 saturated carbocycles. The van der Waals surface area contributed by atoms with Gasteiger partial charge in [-0.1, -0.05) is 13.8 Å². The van der Waals surface area contributed by atoms with Crippen LogP contribution in [-0.2, 0) is 9.47 Å². The number of aliphatic imine (C=N–C) groups is 1. The first-order valence-electron chi connectivity index (χ1n) is 8.06. The molecule has 0 spiro atoms. The summed E-state index contributed by atoms with van der Waals surface area (Å²) in [4.78, 5) is 20.6. The summed E-state index contributed by atoms with van der Waals surface area (Å²) in [6.45, 7) is 10.2. The van der Waals surface area contributed by atoms with Crippen LogP contribution in [0.25, 0.3) is 0 Å². The maximum Gasteiger partial charge on any atom is 0.435 e. The molecule has 6 nitrogen and oxygen atoms in total. The number of piperidine rings is 1. The average molecular weight is 297 g/mol. The molecule has 2 aliphatic heterocycles. The van der Waals surface area contributed by atoms with Gasteiger partial charge in [-0.3, -0.25) is 0 Å². The summed E-state index contributed by atoms with van der Waals surface area (Å²) in [7, 11) is 0. The molecule has 0 unspecified atom stereocenters. The highest BCUT2D eigenvalue weighted by atomic mass is 16.6. The quantitative estimate of drug-likeness (QED) is 0.587. The third kappa shape index (κ3) is 4.97. The van der Waals surface area contributed by atoms with Crippen LogP contribution in [0.2, 0.25) is 0 Å². The van der Waals surface area contributed by atoms with Crippen LogP contribution < -0.4 is 0 Å². The summed E-state index contributed by atoms with van der Waals surface area (Å²) in [5, 5.41) is 0. The monoisotopic (exact) mass is 297 g/mol. The van der Waals surface area contributed by atoms with Gasteiger partial charge < -0.3 is 19.3 Å². The zero-order chi connectivity index (χ0) is 15.1. The number of likely N-dealkylation sites (tertiary alicyclic amines) is 1. The molecule has 120 valence electrons. The summed E-state index contributed by atoms with van der Waals surface area (Å²) in [5.41, 5.74) is 0. The van der Waals surface area contributed by atoms with E-state index in [9.17, 15) is 4.79 Å². The zero-order valence-corrected chi connectivity index (χ0v) is 13.2. The van der Waals surface area contributed by atoms with E-state index in [2.05, 4.69) is 21.7 Å². The fraction of sp³-hybridized carbons (Fsp3) is 0.867. The fourth-order valence-corrected chi connectivity index (χ4v) is 2.81. The Hall–Kier alpha value is -1.14. The Morgan fingerprint density at radius 1 is 1.19 bits per heavy atom. The summed E-state index contributed by atoms with van der Waals surface area (Å²) in [6, 6.07) is 0. The molecule has 2 heterocycles. The molecular formula is C15H27N3O3. The molecule has 2 fully saturated rings. The molecule has 2 rings (SSSR count). The molecule has 0 aliphatic carbocycles. The van der Waals surface area contributed by atoms with Crippen molar-refractivity contribution in [2.24, 2.45) is 4.99 Å². The molecule has 2 aliphatic rings. The molecule has 0 aromatic carbocycles. The third-order valence-corrected chi connectivity index (χ3v) is 4.16. The van der Waals surface area contributed by atoms with Gasteiger partial charge in [0.15, 0.2) is 0 Å². The lowest BCUT2D eigenvalue weighted by molar-refractivity contribution is 0.0562. The molecule has 0 radical (unpaired) electrons. The van der Waals surface area contributed by atoms with Crippen LogP contribution in [0.3, 0.4) is 0 Å². The van der Waals surface area contributed by atoms with Gasteiger partial charge in [0.1, 0.15) is 11.9 Å². The van der Waals surface area contributed by atoms with Gasteiger partial charge >= 0.3 is 6.09 Å². The minimum Gasteiger partial charge on any atom is -0.444 e. The van der Waals surface area contributed by atoms with Crippen molar-refractivity contribution < 1.29 is 14.3 Å². The number of nitrogens with zero attached hydrogens (tertiary/aromatic N) is 3. The molecule has 2 saturated heterocycles. The first-order valence-corrected chi connectivity index (χ1v) is 8.06. The van der Waals surface area contributed by atoms with Gasteiger partial charge in [-0.15, -0.1) is 0 Å². The van der Waals surface area contributed by atoms with Crippen molar-refractivity contribution in [3.8, 4) is 0 Å². The number of carbonyl (C=O) groups is 1. The van der Waals surface area contributed by atoms with E-state index in [4.69, 9.17) is 9.47 Å². The van der Waals surface area contributed by atoms with Crippen molar-refractivity contribution in [2.45, 2.75) is 39.2 Å². The molecule has 6 heteroatoms.